The molecule has 0 unspecified atom stereocenters. The molecule has 6 heteroatoms. The zero-order chi connectivity index (χ0) is 17.6. The van der Waals surface area contributed by atoms with E-state index in [9.17, 15) is 4.79 Å². The second kappa shape index (κ2) is 6.41. The molecule has 2 atom stereocenters. The smallest absolute Gasteiger partial charge is 0.255 e. The largest absolute Gasteiger partial charge is 0.339 e. The predicted molar refractivity (Wildman–Crippen MR) is 97.6 cm³/mol. The van der Waals surface area contributed by atoms with Crippen molar-refractivity contribution in [1.29, 1.82) is 0 Å². The van der Waals surface area contributed by atoms with Gasteiger partial charge in [0, 0.05) is 24.5 Å². The summed E-state index contributed by atoms with van der Waals surface area (Å²) in [4.78, 5) is 19.8. The average Bonchev–Trinajstić information content (AvgIpc) is 3.15. The summed E-state index contributed by atoms with van der Waals surface area (Å²) in [6.45, 7) is 10.0. The van der Waals surface area contributed by atoms with E-state index in [1.54, 1.807) is 0 Å². The number of hydrogen-bond donors (Lipinski definition) is 1. The number of aromatic nitrogens is 3. The van der Waals surface area contributed by atoms with E-state index >= 15 is 0 Å². The minimum atomic E-state index is 0.122. The molecule has 4 heterocycles. The van der Waals surface area contributed by atoms with Crippen molar-refractivity contribution in [2.75, 3.05) is 26.2 Å². The molecule has 2 aliphatic heterocycles. The fraction of sp³-hybridized carbons (Fsp3) is 0.632. The molecule has 1 N–H and O–H groups in total. The molecule has 2 aliphatic rings. The Kier molecular flexibility index (Phi) is 4.23. The van der Waals surface area contributed by atoms with Gasteiger partial charge in [-0.1, -0.05) is 0 Å². The van der Waals surface area contributed by atoms with Gasteiger partial charge in [-0.2, -0.15) is 5.10 Å². The first-order valence-corrected chi connectivity index (χ1v) is 9.39. The quantitative estimate of drug-likeness (QED) is 0.911. The molecule has 25 heavy (non-hydrogen) atoms. The zero-order valence-corrected chi connectivity index (χ0v) is 15.3. The fourth-order valence-electron chi connectivity index (χ4n) is 4.25. The van der Waals surface area contributed by atoms with Crippen molar-refractivity contribution in [3.05, 3.63) is 23.5 Å². The number of amides is 1. The van der Waals surface area contributed by atoms with Crippen LogP contribution in [0.4, 0.5) is 0 Å². The third kappa shape index (κ3) is 2.92. The highest BCUT2D eigenvalue weighted by Crippen LogP contribution is 2.28. The van der Waals surface area contributed by atoms with E-state index in [1.165, 1.54) is 0 Å². The van der Waals surface area contributed by atoms with Gasteiger partial charge >= 0.3 is 0 Å². The summed E-state index contributed by atoms with van der Waals surface area (Å²) >= 11 is 0. The third-order valence-electron chi connectivity index (χ3n) is 5.79. The molecule has 0 aromatic carbocycles. The lowest BCUT2D eigenvalue weighted by Gasteiger charge is -2.22. The van der Waals surface area contributed by atoms with Gasteiger partial charge in [-0.3, -0.25) is 4.79 Å². The van der Waals surface area contributed by atoms with Crippen molar-refractivity contribution in [3.63, 3.8) is 0 Å². The average molecular weight is 341 g/mol. The molecular formula is C19H27N5O. The third-order valence-corrected chi connectivity index (χ3v) is 5.79. The van der Waals surface area contributed by atoms with Crippen molar-refractivity contribution in [1.82, 2.24) is 25.0 Å². The normalized spacial score (nSPS) is 23.9. The molecular weight excluding hydrogens is 314 g/mol. The van der Waals surface area contributed by atoms with Crippen LogP contribution in [0.3, 0.4) is 0 Å². The number of hydrogen-bond acceptors (Lipinski definition) is 4. The lowest BCUT2D eigenvalue weighted by Crippen LogP contribution is -2.33. The number of carbonyl (C=O) groups excluding carboxylic acids is 1. The van der Waals surface area contributed by atoms with Crippen LogP contribution in [-0.4, -0.2) is 51.8 Å². The molecule has 0 bridgehead atoms. The first-order chi connectivity index (χ1) is 12.0. The maximum atomic E-state index is 13.1. The van der Waals surface area contributed by atoms with Gasteiger partial charge in [0.05, 0.1) is 17.5 Å². The molecule has 2 fully saturated rings. The van der Waals surface area contributed by atoms with Crippen molar-refractivity contribution in [2.45, 2.75) is 39.7 Å². The van der Waals surface area contributed by atoms with Crippen LogP contribution in [0.5, 0.6) is 0 Å². The minimum absolute atomic E-state index is 0.122. The fourth-order valence-corrected chi connectivity index (χ4v) is 4.25. The summed E-state index contributed by atoms with van der Waals surface area (Å²) in [5.74, 6) is 1.57. The highest BCUT2D eigenvalue weighted by Gasteiger charge is 2.32. The van der Waals surface area contributed by atoms with Crippen LogP contribution in [0.1, 0.15) is 48.8 Å². The topological polar surface area (TPSA) is 63.1 Å². The highest BCUT2D eigenvalue weighted by atomic mass is 16.2. The molecule has 2 saturated heterocycles. The van der Waals surface area contributed by atoms with E-state index in [4.69, 9.17) is 4.98 Å². The molecule has 2 aromatic rings. The minimum Gasteiger partial charge on any atom is -0.339 e. The summed E-state index contributed by atoms with van der Waals surface area (Å²) in [6, 6.07) is 2.23. The Balaban J connectivity index is 1.60. The van der Waals surface area contributed by atoms with E-state index in [1.807, 2.05) is 28.8 Å². The van der Waals surface area contributed by atoms with Gasteiger partial charge in [0.25, 0.3) is 5.91 Å². The molecule has 0 radical (unpaired) electrons. The van der Waals surface area contributed by atoms with Crippen LogP contribution in [0.25, 0.3) is 11.0 Å². The SMILES string of the molecule is Cc1nc2c(cnn2C(C)C)cc1C(=O)N1CC[C@@H]2CNC[C@@H]2CC1. The standard InChI is InChI=1S/C19H27N5O/c1-12(2)24-18-16(11-21-24)8-17(13(3)22-18)19(25)23-6-4-14-9-20-10-15(14)5-7-23/h8,11-12,14-15,20H,4-7,9-10H2,1-3H3/t14-,15+. The number of carbonyl (C=O) groups is 1. The van der Waals surface area contributed by atoms with E-state index < -0.39 is 0 Å². The monoisotopic (exact) mass is 341 g/mol. The Hall–Kier alpha value is -1.95. The number of aryl methyl sites for hydroxylation is 1. The van der Waals surface area contributed by atoms with E-state index in [0.29, 0.717) is 0 Å². The van der Waals surface area contributed by atoms with Crippen LogP contribution in [-0.2, 0) is 0 Å². The van der Waals surface area contributed by atoms with Crippen molar-refractivity contribution >= 4 is 16.9 Å². The second-order valence-corrected chi connectivity index (χ2v) is 7.77. The number of pyridine rings is 1. The summed E-state index contributed by atoms with van der Waals surface area (Å²) in [7, 11) is 0. The number of nitrogens with one attached hydrogen (secondary N) is 1. The molecule has 4 rings (SSSR count). The van der Waals surface area contributed by atoms with Crippen molar-refractivity contribution in [2.24, 2.45) is 11.8 Å². The van der Waals surface area contributed by atoms with E-state index in [2.05, 4.69) is 24.3 Å². The van der Waals surface area contributed by atoms with Crippen LogP contribution >= 0.6 is 0 Å². The van der Waals surface area contributed by atoms with Crippen LogP contribution in [0.2, 0.25) is 0 Å². The summed E-state index contributed by atoms with van der Waals surface area (Å²) < 4.78 is 1.91. The van der Waals surface area contributed by atoms with Crippen LogP contribution in [0, 0.1) is 18.8 Å². The molecule has 0 saturated carbocycles. The van der Waals surface area contributed by atoms with Gasteiger partial charge in [-0.05, 0) is 64.6 Å². The molecule has 134 valence electrons. The summed E-state index contributed by atoms with van der Waals surface area (Å²) in [5, 5.41) is 8.85. The Bertz CT molecular complexity index is 782. The van der Waals surface area contributed by atoms with Crippen LogP contribution in [0.15, 0.2) is 12.3 Å². The summed E-state index contributed by atoms with van der Waals surface area (Å²) in [6.07, 6.45) is 4.02. The molecule has 1 amide bonds. The Morgan fingerprint density at radius 2 is 1.92 bits per heavy atom. The number of likely N-dealkylation sites (tertiary alicyclic amines) is 1. The number of rotatable bonds is 2. The summed E-state index contributed by atoms with van der Waals surface area (Å²) in [5.41, 5.74) is 2.38. The predicted octanol–water partition coefficient (Wildman–Crippen LogP) is 2.39. The van der Waals surface area contributed by atoms with Crippen LogP contribution < -0.4 is 5.32 Å². The highest BCUT2D eigenvalue weighted by molar-refractivity contribution is 5.98. The molecule has 0 spiro atoms. The maximum Gasteiger partial charge on any atom is 0.255 e. The van der Waals surface area contributed by atoms with Crippen molar-refractivity contribution < 1.29 is 4.79 Å². The lowest BCUT2D eigenvalue weighted by molar-refractivity contribution is 0.0757. The second-order valence-electron chi connectivity index (χ2n) is 7.77. The number of nitrogens with zero attached hydrogens (tertiary/aromatic N) is 4. The van der Waals surface area contributed by atoms with Gasteiger partial charge < -0.3 is 10.2 Å². The van der Waals surface area contributed by atoms with E-state index in [0.717, 1.165) is 73.1 Å². The van der Waals surface area contributed by atoms with Gasteiger partial charge in [-0.15, -0.1) is 0 Å². The molecule has 0 aliphatic carbocycles. The van der Waals surface area contributed by atoms with Gasteiger partial charge in [0.1, 0.15) is 0 Å². The Morgan fingerprint density at radius 1 is 1.24 bits per heavy atom. The molecule has 6 nitrogen and oxygen atoms in total. The first-order valence-electron chi connectivity index (χ1n) is 9.39. The van der Waals surface area contributed by atoms with Gasteiger partial charge in [0.15, 0.2) is 5.65 Å². The maximum absolute atomic E-state index is 13.1. The van der Waals surface area contributed by atoms with Gasteiger partial charge in [-0.25, -0.2) is 9.67 Å². The zero-order valence-electron chi connectivity index (χ0n) is 15.3. The number of fused-ring (bicyclic) bond motifs is 2. The Morgan fingerprint density at radius 3 is 2.56 bits per heavy atom. The molecule has 2 aromatic heterocycles. The van der Waals surface area contributed by atoms with Crippen molar-refractivity contribution in [3.8, 4) is 0 Å². The van der Waals surface area contributed by atoms with E-state index in [-0.39, 0.29) is 11.9 Å². The van der Waals surface area contributed by atoms with Gasteiger partial charge in [0.2, 0.25) is 0 Å². The Labute approximate surface area is 148 Å². The first kappa shape index (κ1) is 16.5. The lowest BCUT2D eigenvalue weighted by atomic mass is 9.92.